The molecule has 160 valence electrons. The lowest BCUT2D eigenvalue weighted by molar-refractivity contribution is 0.101. The van der Waals surface area contributed by atoms with Gasteiger partial charge in [-0.3, -0.25) is 14.2 Å². The highest BCUT2D eigenvalue weighted by Gasteiger charge is 2.21. The van der Waals surface area contributed by atoms with E-state index in [0.29, 0.717) is 5.69 Å². The number of aryl methyl sites for hydroxylation is 1. The standard InChI is InChI=1S/C24H19FN4O3/c1-16-8-5-6-9-17(16)15-28-23(31)21(22(30)26-19-11-7-10-18(25)14-19)27-29(24(28)32)20-12-3-2-4-13-20/h2-14H,15H2,1H3,(H,26,30). The van der Waals surface area contributed by atoms with Crippen molar-refractivity contribution in [2.75, 3.05) is 5.32 Å². The fourth-order valence-corrected chi connectivity index (χ4v) is 3.25. The molecule has 1 aromatic heterocycles. The second kappa shape index (κ2) is 8.81. The topological polar surface area (TPSA) is 86.0 Å². The van der Waals surface area contributed by atoms with Crippen molar-refractivity contribution in [2.24, 2.45) is 0 Å². The van der Waals surface area contributed by atoms with Crippen LogP contribution in [0.5, 0.6) is 0 Å². The molecule has 1 N–H and O–H groups in total. The fraction of sp³-hybridized carbons (Fsp3) is 0.0833. The van der Waals surface area contributed by atoms with Crippen molar-refractivity contribution in [1.82, 2.24) is 14.3 Å². The second-order valence-electron chi connectivity index (χ2n) is 7.16. The number of hydrogen-bond donors (Lipinski definition) is 1. The van der Waals surface area contributed by atoms with E-state index in [1.165, 1.54) is 18.2 Å². The van der Waals surface area contributed by atoms with Crippen molar-refractivity contribution < 1.29 is 9.18 Å². The Morgan fingerprint density at radius 3 is 2.41 bits per heavy atom. The van der Waals surface area contributed by atoms with Crippen LogP contribution in [0, 0.1) is 12.7 Å². The smallest absolute Gasteiger partial charge is 0.320 e. The van der Waals surface area contributed by atoms with Crippen molar-refractivity contribution in [3.8, 4) is 5.69 Å². The summed E-state index contributed by atoms with van der Waals surface area (Å²) in [6, 6.07) is 21.1. The summed E-state index contributed by atoms with van der Waals surface area (Å²) < 4.78 is 15.5. The van der Waals surface area contributed by atoms with Crippen molar-refractivity contribution in [2.45, 2.75) is 13.5 Å². The minimum atomic E-state index is -0.844. The molecule has 32 heavy (non-hydrogen) atoms. The van der Waals surface area contributed by atoms with Crippen LogP contribution in [0.4, 0.5) is 10.1 Å². The van der Waals surface area contributed by atoms with Crippen LogP contribution in [0.25, 0.3) is 5.69 Å². The molecule has 0 aliphatic heterocycles. The van der Waals surface area contributed by atoms with E-state index in [9.17, 15) is 18.8 Å². The lowest BCUT2D eigenvalue weighted by atomic mass is 10.1. The van der Waals surface area contributed by atoms with Gasteiger partial charge < -0.3 is 5.32 Å². The first-order valence-corrected chi connectivity index (χ1v) is 9.85. The Kier molecular flexibility index (Phi) is 5.76. The summed E-state index contributed by atoms with van der Waals surface area (Å²) in [5.74, 6) is -1.38. The van der Waals surface area contributed by atoms with Gasteiger partial charge in [0.15, 0.2) is 0 Å². The molecular formula is C24H19FN4O3. The van der Waals surface area contributed by atoms with Crippen LogP contribution in [0.2, 0.25) is 0 Å². The van der Waals surface area contributed by atoms with Crippen LogP contribution in [0.3, 0.4) is 0 Å². The summed E-state index contributed by atoms with van der Waals surface area (Å²) in [4.78, 5) is 39.2. The van der Waals surface area contributed by atoms with Gasteiger partial charge in [0.25, 0.3) is 11.5 Å². The van der Waals surface area contributed by atoms with E-state index < -0.39 is 28.7 Å². The number of nitrogens with zero attached hydrogens (tertiary/aromatic N) is 3. The number of anilines is 1. The predicted molar refractivity (Wildman–Crippen MR) is 119 cm³/mol. The average molecular weight is 430 g/mol. The SMILES string of the molecule is Cc1ccccc1Cn1c(=O)c(C(=O)Nc2cccc(F)c2)nn(-c2ccccc2)c1=O. The van der Waals surface area contributed by atoms with Crippen LogP contribution < -0.4 is 16.6 Å². The Bertz CT molecular complexity index is 1410. The quantitative estimate of drug-likeness (QED) is 0.527. The van der Waals surface area contributed by atoms with Gasteiger partial charge in [0.05, 0.1) is 12.2 Å². The third kappa shape index (κ3) is 4.24. The van der Waals surface area contributed by atoms with Crippen molar-refractivity contribution in [1.29, 1.82) is 0 Å². The molecule has 4 rings (SSSR count). The van der Waals surface area contributed by atoms with E-state index in [2.05, 4.69) is 10.4 Å². The van der Waals surface area contributed by atoms with Gasteiger partial charge in [-0.1, -0.05) is 48.5 Å². The third-order valence-electron chi connectivity index (χ3n) is 4.95. The second-order valence-corrected chi connectivity index (χ2v) is 7.16. The Morgan fingerprint density at radius 1 is 0.969 bits per heavy atom. The predicted octanol–water partition coefficient (Wildman–Crippen LogP) is 3.14. The zero-order valence-corrected chi connectivity index (χ0v) is 17.2. The van der Waals surface area contributed by atoms with Crippen LogP contribution in [-0.2, 0) is 6.54 Å². The average Bonchev–Trinajstić information content (AvgIpc) is 2.78. The summed E-state index contributed by atoms with van der Waals surface area (Å²) >= 11 is 0. The molecule has 0 radical (unpaired) electrons. The normalized spacial score (nSPS) is 10.7. The van der Waals surface area contributed by atoms with Gasteiger partial charge in [0, 0.05) is 5.69 Å². The Balaban J connectivity index is 1.86. The number of carbonyl (C=O) groups excluding carboxylic acids is 1. The molecule has 0 bridgehead atoms. The van der Waals surface area contributed by atoms with Crippen LogP contribution in [0.15, 0.2) is 88.5 Å². The van der Waals surface area contributed by atoms with Crippen LogP contribution in [-0.4, -0.2) is 20.3 Å². The van der Waals surface area contributed by atoms with Gasteiger partial charge in [0.2, 0.25) is 5.69 Å². The van der Waals surface area contributed by atoms with E-state index in [1.54, 1.807) is 36.4 Å². The van der Waals surface area contributed by atoms with Crippen LogP contribution >= 0.6 is 0 Å². The maximum atomic E-state index is 13.5. The molecule has 0 spiro atoms. The van der Waals surface area contributed by atoms with Gasteiger partial charge in [-0.2, -0.15) is 9.78 Å². The maximum absolute atomic E-state index is 13.5. The van der Waals surface area contributed by atoms with E-state index in [0.717, 1.165) is 26.4 Å². The number of hydrogen-bond acceptors (Lipinski definition) is 4. The maximum Gasteiger partial charge on any atom is 0.352 e. The van der Waals surface area contributed by atoms with E-state index in [-0.39, 0.29) is 12.2 Å². The van der Waals surface area contributed by atoms with Gasteiger partial charge in [0.1, 0.15) is 5.82 Å². The number of rotatable bonds is 5. The Hall–Kier alpha value is -4.33. The van der Waals surface area contributed by atoms with E-state index >= 15 is 0 Å². The molecule has 0 saturated heterocycles. The highest BCUT2D eigenvalue weighted by atomic mass is 19.1. The molecule has 0 aliphatic carbocycles. The molecule has 0 atom stereocenters. The molecule has 0 aliphatic rings. The molecule has 0 unspecified atom stereocenters. The highest BCUT2D eigenvalue weighted by molar-refractivity contribution is 6.02. The van der Waals surface area contributed by atoms with Crippen LogP contribution in [0.1, 0.15) is 21.6 Å². The van der Waals surface area contributed by atoms with Gasteiger partial charge in [-0.05, 0) is 48.4 Å². The number of benzene rings is 3. The molecular weight excluding hydrogens is 411 g/mol. The van der Waals surface area contributed by atoms with E-state index in [1.807, 2.05) is 25.1 Å². The molecule has 8 heteroatoms. The Morgan fingerprint density at radius 2 is 1.69 bits per heavy atom. The van der Waals surface area contributed by atoms with E-state index in [4.69, 9.17) is 0 Å². The molecule has 0 saturated carbocycles. The molecule has 1 amide bonds. The minimum Gasteiger partial charge on any atom is -0.320 e. The monoisotopic (exact) mass is 430 g/mol. The largest absolute Gasteiger partial charge is 0.352 e. The summed E-state index contributed by atoms with van der Waals surface area (Å²) in [6.07, 6.45) is 0. The number of halogens is 1. The number of carbonyl (C=O) groups is 1. The Labute approximate surface area is 182 Å². The van der Waals surface area contributed by atoms with Crippen molar-refractivity contribution >= 4 is 11.6 Å². The summed E-state index contributed by atoms with van der Waals surface area (Å²) in [7, 11) is 0. The molecule has 3 aromatic carbocycles. The first kappa shape index (κ1) is 20.9. The lowest BCUT2D eigenvalue weighted by Gasteiger charge is -2.13. The van der Waals surface area contributed by atoms with Crippen molar-refractivity contribution in [3.05, 3.63) is 122 Å². The molecule has 1 heterocycles. The zero-order valence-electron chi connectivity index (χ0n) is 17.2. The highest BCUT2D eigenvalue weighted by Crippen LogP contribution is 2.11. The summed E-state index contributed by atoms with van der Waals surface area (Å²) in [6.45, 7) is 1.84. The zero-order chi connectivity index (χ0) is 22.7. The fourth-order valence-electron chi connectivity index (χ4n) is 3.25. The number of para-hydroxylation sites is 1. The van der Waals surface area contributed by atoms with Gasteiger partial charge in [-0.15, -0.1) is 0 Å². The minimum absolute atomic E-state index is 0.0278. The molecule has 7 nitrogen and oxygen atoms in total. The van der Waals surface area contributed by atoms with Crippen molar-refractivity contribution in [3.63, 3.8) is 0 Å². The van der Waals surface area contributed by atoms with Gasteiger partial charge in [-0.25, -0.2) is 9.18 Å². The van der Waals surface area contributed by atoms with Gasteiger partial charge >= 0.3 is 5.69 Å². The molecule has 0 fully saturated rings. The first-order chi connectivity index (χ1) is 15.4. The molecule has 4 aromatic rings. The third-order valence-corrected chi connectivity index (χ3v) is 4.95. The number of amides is 1. The number of nitrogens with one attached hydrogen (secondary N) is 1. The lowest BCUT2D eigenvalue weighted by Crippen LogP contribution is -2.45. The summed E-state index contributed by atoms with van der Waals surface area (Å²) in [5.41, 5.74) is 0.231. The summed E-state index contributed by atoms with van der Waals surface area (Å²) in [5, 5.41) is 6.52. The number of aromatic nitrogens is 3. The first-order valence-electron chi connectivity index (χ1n) is 9.85.